The Morgan fingerprint density at radius 1 is 1.23 bits per heavy atom. The quantitative estimate of drug-likeness (QED) is 0.648. The fourth-order valence-electron chi connectivity index (χ4n) is 2.96. The van der Waals surface area contributed by atoms with Crippen LogP contribution in [0.3, 0.4) is 0 Å². The van der Waals surface area contributed by atoms with E-state index in [9.17, 15) is 9.59 Å². The number of carbonyl (C=O) groups is 2. The lowest BCUT2D eigenvalue weighted by molar-refractivity contribution is -0.145. The molecule has 1 atom stereocenters. The Morgan fingerprint density at radius 2 is 1.92 bits per heavy atom. The van der Waals surface area contributed by atoms with Gasteiger partial charge in [-0.3, -0.25) is 14.5 Å². The maximum atomic E-state index is 13.1. The van der Waals surface area contributed by atoms with Gasteiger partial charge in [-0.25, -0.2) is 0 Å². The van der Waals surface area contributed by atoms with Gasteiger partial charge in [-0.05, 0) is 12.1 Å². The highest BCUT2D eigenvalue weighted by Crippen LogP contribution is 2.20. The van der Waals surface area contributed by atoms with Gasteiger partial charge < -0.3 is 19.1 Å². The molecule has 1 aliphatic rings. The summed E-state index contributed by atoms with van der Waals surface area (Å²) in [7, 11) is 2.90. The van der Waals surface area contributed by atoms with Crippen molar-refractivity contribution in [2.45, 2.75) is 6.92 Å². The SMILES string of the molecule is COC(=O)C(C)CN(CCN1CCOCC1)C(=O)c1ccccc1OC. The molecular formula is C19H28N2O5. The predicted molar refractivity (Wildman–Crippen MR) is 97.3 cm³/mol. The molecule has 7 heteroatoms. The standard InChI is InChI=1S/C19H28N2O5/c1-15(19(23)25-3)14-21(9-8-20-10-12-26-13-11-20)18(22)16-6-4-5-7-17(16)24-2/h4-7,15H,8-14H2,1-3H3. The smallest absolute Gasteiger partial charge is 0.310 e. The Kier molecular flexibility index (Phi) is 7.87. The highest BCUT2D eigenvalue weighted by atomic mass is 16.5. The number of para-hydroxylation sites is 1. The molecule has 0 bridgehead atoms. The maximum absolute atomic E-state index is 13.1. The van der Waals surface area contributed by atoms with Crippen molar-refractivity contribution in [2.75, 3.05) is 60.2 Å². The van der Waals surface area contributed by atoms with Gasteiger partial charge in [0.15, 0.2) is 0 Å². The van der Waals surface area contributed by atoms with Gasteiger partial charge in [0.1, 0.15) is 5.75 Å². The number of esters is 1. The number of carbonyl (C=O) groups excluding carboxylic acids is 2. The number of rotatable bonds is 8. The monoisotopic (exact) mass is 364 g/mol. The molecule has 1 fully saturated rings. The Morgan fingerprint density at radius 3 is 2.58 bits per heavy atom. The molecule has 1 heterocycles. The Labute approximate surface area is 154 Å². The zero-order chi connectivity index (χ0) is 18.9. The summed E-state index contributed by atoms with van der Waals surface area (Å²) in [6.45, 7) is 6.44. The third-order valence-electron chi connectivity index (χ3n) is 4.51. The topological polar surface area (TPSA) is 68.3 Å². The van der Waals surface area contributed by atoms with Crippen LogP contribution in [0.5, 0.6) is 5.75 Å². The number of benzene rings is 1. The molecule has 1 aromatic rings. The molecule has 1 aliphatic heterocycles. The van der Waals surface area contributed by atoms with E-state index in [-0.39, 0.29) is 11.9 Å². The van der Waals surface area contributed by atoms with Crippen LogP contribution in [0.4, 0.5) is 0 Å². The summed E-state index contributed by atoms with van der Waals surface area (Å²) in [5, 5.41) is 0. The number of morpholine rings is 1. The van der Waals surface area contributed by atoms with E-state index in [4.69, 9.17) is 14.2 Å². The first-order valence-electron chi connectivity index (χ1n) is 8.87. The highest BCUT2D eigenvalue weighted by molar-refractivity contribution is 5.97. The van der Waals surface area contributed by atoms with E-state index in [1.807, 2.05) is 6.07 Å². The largest absolute Gasteiger partial charge is 0.496 e. The molecule has 1 unspecified atom stereocenters. The van der Waals surface area contributed by atoms with Gasteiger partial charge in [0, 0.05) is 32.7 Å². The van der Waals surface area contributed by atoms with Gasteiger partial charge in [-0.2, -0.15) is 0 Å². The lowest BCUT2D eigenvalue weighted by Crippen LogP contribution is -2.45. The molecule has 1 amide bonds. The summed E-state index contributed by atoms with van der Waals surface area (Å²) >= 11 is 0. The molecular weight excluding hydrogens is 336 g/mol. The summed E-state index contributed by atoms with van der Waals surface area (Å²) < 4.78 is 15.5. The second kappa shape index (κ2) is 10.1. The van der Waals surface area contributed by atoms with Gasteiger partial charge in [-0.1, -0.05) is 19.1 Å². The third kappa shape index (κ3) is 5.44. The minimum atomic E-state index is -0.400. The fraction of sp³-hybridized carbons (Fsp3) is 0.579. The van der Waals surface area contributed by atoms with E-state index in [0.717, 1.165) is 19.6 Å². The van der Waals surface area contributed by atoms with E-state index in [1.54, 1.807) is 37.1 Å². The summed E-state index contributed by atoms with van der Waals surface area (Å²) in [6.07, 6.45) is 0. The summed E-state index contributed by atoms with van der Waals surface area (Å²) in [6, 6.07) is 7.13. The molecule has 1 saturated heterocycles. The van der Waals surface area contributed by atoms with Crippen molar-refractivity contribution in [3.63, 3.8) is 0 Å². The first-order valence-corrected chi connectivity index (χ1v) is 8.87. The van der Waals surface area contributed by atoms with E-state index in [1.165, 1.54) is 7.11 Å². The van der Waals surface area contributed by atoms with Crippen molar-refractivity contribution in [1.82, 2.24) is 9.80 Å². The molecule has 0 N–H and O–H groups in total. The molecule has 0 radical (unpaired) electrons. The first-order chi connectivity index (χ1) is 12.6. The number of amides is 1. The second-order valence-corrected chi connectivity index (χ2v) is 6.33. The van der Waals surface area contributed by atoms with Crippen LogP contribution in [0, 0.1) is 5.92 Å². The van der Waals surface area contributed by atoms with Crippen LogP contribution in [0.1, 0.15) is 17.3 Å². The van der Waals surface area contributed by atoms with Crippen LogP contribution in [0.25, 0.3) is 0 Å². The highest BCUT2D eigenvalue weighted by Gasteiger charge is 2.25. The molecule has 26 heavy (non-hydrogen) atoms. The second-order valence-electron chi connectivity index (χ2n) is 6.33. The van der Waals surface area contributed by atoms with Crippen molar-refractivity contribution >= 4 is 11.9 Å². The normalized spacial score (nSPS) is 16.0. The van der Waals surface area contributed by atoms with Crippen molar-refractivity contribution in [2.24, 2.45) is 5.92 Å². The maximum Gasteiger partial charge on any atom is 0.310 e. The van der Waals surface area contributed by atoms with Crippen LogP contribution in [-0.2, 0) is 14.3 Å². The molecule has 0 saturated carbocycles. The summed E-state index contributed by atoms with van der Waals surface area (Å²) in [4.78, 5) is 28.9. The molecule has 0 spiro atoms. The summed E-state index contributed by atoms with van der Waals surface area (Å²) in [5.41, 5.74) is 0.494. The van der Waals surface area contributed by atoms with Crippen LogP contribution in [0.15, 0.2) is 24.3 Å². The van der Waals surface area contributed by atoms with Crippen molar-refractivity contribution in [1.29, 1.82) is 0 Å². The number of ether oxygens (including phenoxy) is 3. The van der Waals surface area contributed by atoms with Crippen molar-refractivity contribution in [3.8, 4) is 5.75 Å². The van der Waals surface area contributed by atoms with Gasteiger partial charge in [-0.15, -0.1) is 0 Å². The van der Waals surface area contributed by atoms with Crippen LogP contribution in [0.2, 0.25) is 0 Å². The number of methoxy groups -OCH3 is 2. The minimum Gasteiger partial charge on any atom is -0.496 e. The van der Waals surface area contributed by atoms with E-state index >= 15 is 0 Å². The number of nitrogens with zero attached hydrogens (tertiary/aromatic N) is 2. The van der Waals surface area contributed by atoms with E-state index < -0.39 is 5.92 Å². The molecule has 1 aromatic carbocycles. The summed E-state index contributed by atoms with van der Waals surface area (Å²) in [5.74, 6) is -0.344. The zero-order valence-corrected chi connectivity index (χ0v) is 15.8. The van der Waals surface area contributed by atoms with E-state index in [0.29, 0.717) is 37.6 Å². The Hall–Kier alpha value is -2.12. The van der Waals surface area contributed by atoms with Gasteiger partial charge in [0.25, 0.3) is 5.91 Å². The van der Waals surface area contributed by atoms with Crippen molar-refractivity contribution < 1.29 is 23.8 Å². The van der Waals surface area contributed by atoms with E-state index in [2.05, 4.69) is 4.90 Å². The van der Waals surface area contributed by atoms with Gasteiger partial charge >= 0.3 is 5.97 Å². The molecule has 7 nitrogen and oxygen atoms in total. The average molecular weight is 364 g/mol. The predicted octanol–water partition coefficient (Wildman–Crippen LogP) is 1.28. The fourth-order valence-corrected chi connectivity index (χ4v) is 2.96. The Balaban J connectivity index is 2.12. The lowest BCUT2D eigenvalue weighted by Gasteiger charge is -2.31. The molecule has 0 aliphatic carbocycles. The third-order valence-corrected chi connectivity index (χ3v) is 4.51. The first kappa shape index (κ1) is 20.2. The molecule has 144 valence electrons. The average Bonchev–Trinajstić information content (AvgIpc) is 2.70. The van der Waals surface area contributed by atoms with Gasteiger partial charge in [0.05, 0.1) is 38.9 Å². The minimum absolute atomic E-state index is 0.147. The van der Waals surface area contributed by atoms with Crippen LogP contribution < -0.4 is 4.74 Å². The zero-order valence-electron chi connectivity index (χ0n) is 15.8. The van der Waals surface area contributed by atoms with Crippen molar-refractivity contribution in [3.05, 3.63) is 29.8 Å². The van der Waals surface area contributed by atoms with Crippen LogP contribution in [-0.4, -0.2) is 81.8 Å². The van der Waals surface area contributed by atoms with Gasteiger partial charge in [0.2, 0.25) is 0 Å². The van der Waals surface area contributed by atoms with Crippen LogP contribution >= 0.6 is 0 Å². The molecule has 2 rings (SSSR count). The molecule has 0 aromatic heterocycles. The lowest BCUT2D eigenvalue weighted by atomic mass is 10.1. The Bertz CT molecular complexity index is 601. The number of hydrogen-bond donors (Lipinski definition) is 0. The number of hydrogen-bond acceptors (Lipinski definition) is 6.